The van der Waals surface area contributed by atoms with Crippen LogP contribution in [0.5, 0.6) is 0 Å². The molecule has 0 aliphatic carbocycles. The molecule has 0 heterocycles. The highest BCUT2D eigenvalue weighted by Gasteiger charge is 2.13. The summed E-state index contributed by atoms with van der Waals surface area (Å²) in [6.45, 7) is 1.22. The van der Waals surface area contributed by atoms with Crippen molar-refractivity contribution in [3.05, 3.63) is 29.6 Å². The van der Waals surface area contributed by atoms with Gasteiger partial charge in [-0.15, -0.1) is 0 Å². The van der Waals surface area contributed by atoms with E-state index in [1.807, 2.05) is 0 Å². The van der Waals surface area contributed by atoms with E-state index >= 15 is 0 Å². The fourth-order valence-corrected chi connectivity index (χ4v) is 1.03. The SMILES string of the molecule is CC(=O)Nc1c(F)cccc1C(N)=O. The summed E-state index contributed by atoms with van der Waals surface area (Å²) in [4.78, 5) is 21.6. The van der Waals surface area contributed by atoms with Crippen LogP contribution in [0.25, 0.3) is 0 Å². The number of anilines is 1. The van der Waals surface area contributed by atoms with Crippen LogP contribution < -0.4 is 11.1 Å². The van der Waals surface area contributed by atoms with E-state index in [2.05, 4.69) is 5.32 Å². The van der Waals surface area contributed by atoms with Crippen molar-refractivity contribution in [3.8, 4) is 0 Å². The normalized spacial score (nSPS) is 9.57. The van der Waals surface area contributed by atoms with Crippen molar-refractivity contribution in [3.63, 3.8) is 0 Å². The quantitative estimate of drug-likeness (QED) is 0.737. The number of nitrogens with one attached hydrogen (secondary N) is 1. The number of para-hydroxylation sites is 1. The zero-order valence-corrected chi connectivity index (χ0v) is 7.50. The third-order valence-corrected chi connectivity index (χ3v) is 1.58. The fraction of sp³-hybridized carbons (Fsp3) is 0.111. The van der Waals surface area contributed by atoms with Gasteiger partial charge in [0.1, 0.15) is 5.82 Å². The summed E-state index contributed by atoms with van der Waals surface area (Å²) in [6, 6.07) is 3.83. The van der Waals surface area contributed by atoms with E-state index in [0.717, 1.165) is 6.07 Å². The largest absolute Gasteiger partial charge is 0.366 e. The first kappa shape index (κ1) is 10.2. The molecule has 4 nitrogen and oxygen atoms in total. The van der Waals surface area contributed by atoms with E-state index in [0.29, 0.717) is 0 Å². The summed E-state index contributed by atoms with van der Waals surface area (Å²) in [5, 5.41) is 2.21. The minimum Gasteiger partial charge on any atom is -0.366 e. The predicted molar refractivity (Wildman–Crippen MR) is 49.2 cm³/mol. The molecule has 1 rings (SSSR count). The molecular formula is C9H9FN2O2. The molecule has 0 spiro atoms. The van der Waals surface area contributed by atoms with E-state index in [1.54, 1.807) is 0 Å². The minimum absolute atomic E-state index is 0.0415. The Balaban J connectivity index is 3.22. The Labute approximate surface area is 79.9 Å². The molecule has 0 aliphatic rings. The molecule has 0 aliphatic heterocycles. The molecule has 5 heteroatoms. The summed E-state index contributed by atoms with van der Waals surface area (Å²) < 4.78 is 13.1. The molecule has 0 saturated carbocycles. The number of rotatable bonds is 2. The summed E-state index contributed by atoms with van der Waals surface area (Å²) in [7, 11) is 0. The zero-order valence-electron chi connectivity index (χ0n) is 7.50. The third-order valence-electron chi connectivity index (χ3n) is 1.58. The maximum Gasteiger partial charge on any atom is 0.250 e. The van der Waals surface area contributed by atoms with Crippen LogP contribution in [-0.4, -0.2) is 11.8 Å². The number of primary amides is 1. The number of hydrogen-bond donors (Lipinski definition) is 2. The van der Waals surface area contributed by atoms with Gasteiger partial charge in [0.05, 0.1) is 11.3 Å². The molecule has 2 amide bonds. The molecule has 0 unspecified atom stereocenters. The van der Waals surface area contributed by atoms with Gasteiger partial charge in [0, 0.05) is 6.92 Å². The number of benzene rings is 1. The lowest BCUT2D eigenvalue weighted by Gasteiger charge is -2.07. The molecule has 0 bridgehead atoms. The van der Waals surface area contributed by atoms with E-state index in [4.69, 9.17) is 5.73 Å². The highest BCUT2D eigenvalue weighted by atomic mass is 19.1. The van der Waals surface area contributed by atoms with Gasteiger partial charge in [-0.3, -0.25) is 9.59 Å². The summed E-state index contributed by atoms with van der Waals surface area (Å²) in [5.74, 6) is -1.93. The maximum atomic E-state index is 13.1. The highest BCUT2D eigenvalue weighted by molar-refractivity contribution is 6.02. The van der Waals surface area contributed by atoms with Crippen LogP contribution >= 0.6 is 0 Å². The first-order chi connectivity index (χ1) is 6.52. The number of carbonyl (C=O) groups excluding carboxylic acids is 2. The summed E-state index contributed by atoms with van der Waals surface area (Å²) in [5.41, 5.74) is 4.79. The number of hydrogen-bond acceptors (Lipinski definition) is 2. The number of amides is 2. The maximum absolute atomic E-state index is 13.1. The van der Waals surface area contributed by atoms with Crippen LogP contribution in [0.1, 0.15) is 17.3 Å². The topological polar surface area (TPSA) is 72.2 Å². The minimum atomic E-state index is -0.784. The second-order valence-corrected chi connectivity index (χ2v) is 2.71. The van der Waals surface area contributed by atoms with Gasteiger partial charge >= 0.3 is 0 Å². The van der Waals surface area contributed by atoms with Crippen molar-refractivity contribution >= 4 is 17.5 Å². The monoisotopic (exact) mass is 196 g/mol. The lowest BCUT2D eigenvalue weighted by atomic mass is 10.1. The Kier molecular flexibility index (Phi) is 2.81. The van der Waals surface area contributed by atoms with Gasteiger partial charge in [0.25, 0.3) is 5.91 Å². The van der Waals surface area contributed by atoms with Gasteiger partial charge in [-0.05, 0) is 12.1 Å². The van der Waals surface area contributed by atoms with Crippen LogP contribution in [0.3, 0.4) is 0 Å². The van der Waals surface area contributed by atoms with Gasteiger partial charge < -0.3 is 11.1 Å². The van der Waals surface area contributed by atoms with Crippen molar-refractivity contribution in [2.24, 2.45) is 5.73 Å². The molecule has 1 aromatic carbocycles. The standard InChI is InChI=1S/C9H9FN2O2/c1-5(13)12-8-6(9(11)14)3-2-4-7(8)10/h2-4H,1H3,(H2,11,14)(H,12,13). The average molecular weight is 196 g/mol. The molecule has 0 atom stereocenters. The van der Waals surface area contributed by atoms with Gasteiger partial charge in [-0.2, -0.15) is 0 Å². The number of halogens is 1. The summed E-state index contributed by atoms with van der Waals surface area (Å²) >= 11 is 0. The second kappa shape index (κ2) is 3.87. The van der Waals surface area contributed by atoms with E-state index in [-0.39, 0.29) is 11.3 Å². The van der Waals surface area contributed by atoms with Crippen LogP contribution in [0.2, 0.25) is 0 Å². The molecule has 0 fully saturated rings. The van der Waals surface area contributed by atoms with Crippen LogP contribution in [0.15, 0.2) is 18.2 Å². The zero-order chi connectivity index (χ0) is 10.7. The molecular weight excluding hydrogens is 187 g/mol. The van der Waals surface area contributed by atoms with E-state index in [9.17, 15) is 14.0 Å². The molecule has 3 N–H and O–H groups in total. The van der Waals surface area contributed by atoms with Gasteiger partial charge in [-0.25, -0.2) is 4.39 Å². The molecule has 0 saturated heterocycles. The summed E-state index contributed by atoms with van der Waals surface area (Å²) in [6.07, 6.45) is 0. The van der Waals surface area contributed by atoms with Gasteiger partial charge in [-0.1, -0.05) is 6.07 Å². The van der Waals surface area contributed by atoms with E-state index < -0.39 is 17.6 Å². The van der Waals surface area contributed by atoms with Crippen LogP contribution in [-0.2, 0) is 4.79 Å². The smallest absolute Gasteiger partial charge is 0.250 e. The lowest BCUT2D eigenvalue weighted by Crippen LogP contribution is -2.17. The van der Waals surface area contributed by atoms with Crippen molar-refractivity contribution in [2.45, 2.75) is 6.92 Å². The molecule has 1 aromatic rings. The third kappa shape index (κ3) is 2.07. The van der Waals surface area contributed by atoms with Crippen molar-refractivity contribution in [1.82, 2.24) is 0 Å². The Hall–Kier alpha value is -1.91. The Morgan fingerprint density at radius 1 is 1.43 bits per heavy atom. The highest BCUT2D eigenvalue weighted by Crippen LogP contribution is 2.18. The van der Waals surface area contributed by atoms with E-state index in [1.165, 1.54) is 19.1 Å². The van der Waals surface area contributed by atoms with Crippen LogP contribution in [0.4, 0.5) is 10.1 Å². The molecule has 0 aromatic heterocycles. The Bertz CT molecular complexity index is 390. The molecule has 74 valence electrons. The second-order valence-electron chi connectivity index (χ2n) is 2.71. The lowest BCUT2D eigenvalue weighted by molar-refractivity contribution is -0.114. The first-order valence-corrected chi connectivity index (χ1v) is 3.88. The van der Waals surface area contributed by atoms with Crippen molar-refractivity contribution in [2.75, 3.05) is 5.32 Å². The average Bonchev–Trinajstić information content (AvgIpc) is 2.07. The fourth-order valence-electron chi connectivity index (χ4n) is 1.03. The first-order valence-electron chi connectivity index (χ1n) is 3.88. The molecule has 0 radical (unpaired) electrons. The number of nitrogens with two attached hydrogens (primary N) is 1. The van der Waals surface area contributed by atoms with Gasteiger partial charge in [0.15, 0.2) is 0 Å². The van der Waals surface area contributed by atoms with Crippen molar-refractivity contribution in [1.29, 1.82) is 0 Å². The predicted octanol–water partition coefficient (Wildman–Crippen LogP) is 0.883. The van der Waals surface area contributed by atoms with Gasteiger partial charge in [0.2, 0.25) is 5.91 Å². The number of carbonyl (C=O) groups is 2. The molecule has 14 heavy (non-hydrogen) atoms. The Morgan fingerprint density at radius 3 is 2.57 bits per heavy atom. The Morgan fingerprint density at radius 2 is 2.07 bits per heavy atom. The van der Waals surface area contributed by atoms with Crippen LogP contribution in [0, 0.1) is 5.82 Å². The van der Waals surface area contributed by atoms with Crippen molar-refractivity contribution < 1.29 is 14.0 Å².